The van der Waals surface area contributed by atoms with Gasteiger partial charge in [-0.15, -0.1) is 0 Å². The van der Waals surface area contributed by atoms with Gasteiger partial charge >= 0.3 is 0 Å². The van der Waals surface area contributed by atoms with Crippen molar-refractivity contribution in [1.29, 1.82) is 5.26 Å². The lowest BCUT2D eigenvalue weighted by atomic mass is 9.83. The fourth-order valence-electron chi connectivity index (χ4n) is 4.37. The van der Waals surface area contributed by atoms with Crippen LogP contribution in [-0.4, -0.2) is 43.7 Å². The Hall–Kier alpha value is -2.26. The quantitative estimate of drug-likeness (QED) is 0.831. The molecule has 6 nitrogen and oxygen atoms in total. The van der Waals surface area contributed by atoms with Gasteiger partial charge in [-0.1, -0.05) is 25.3 Å². The van der Waals surface area contributed by atoms with Gasteiger partial charge in [0.05, 0.1) is 26.8 Å². The van der Waals surface area contributed by atoms with Crippen LogP contribution in [0.15, 0.2) is 18.2 Å². The maximum absolute atomic E-state index is 12.7. The Morgan fingerprint density at radius 1 is 1.26 bits per heavy atom. The van der Waals surface area contributed by atoms with Crippen LogP contribution in [0, 0.1) is 11.3 Å². The highest BCUT2D eigenvalue weighted by Crippen LogP contribution is 2.38. The van der Waals surface area contributed by atoms with Gasteiger partial charge in [0.1, 0.15) is 17.0 Å². The maximum Gasteiger partial charge on any atom is 0.235 e. The van der Waals surface area contributed by atoms with Crippen LogP contribution < -0.4 is 14.8 Å². The van der Waals surface area contributed by atoms with Crippen molar-refractivity contribution < 1.29 is 14.3 Å². The van der Waals surface area contributed by atoms with Crippen LogP contribution in [0.5, 0.6) is 11.5 Å². The largest absolute Gasteiger partial charge is 0.497 e. The van der Waals surface area contributed by atoms with Gasteiger partial charge in [-0.25, -0.2) is 0 Å². The van der Waals surface area contributed by atoms with Gasteiger partial charge in [-0.05, 0) is 38.3 Å². The number of benzene rings is 1. The number of amides is 1. The third kappa shape index (κ3) is 4.36. The fourth-order valence-corrected chi connectivity index (χ4v) is 4.37. The van der Waals surface area contributed by atoms with Crippen LogP contribution in [0.1, 0.15) is 56.6 Å². The van der Waals surface area contributed by atoms with Crippen LogP contribution in [-0.2, 0) is 4.79 Å². The lowest BCUT2D eigenvalue weighted by molar-refractivity contribution is -0.124. The number of nitrogens with one attached hydrogen (secondary N) is 1. The van der Waals surface area contributed by atoms with Crippen molar-refractivity contribution in [2.45, 2.75) is 56.5 Å². The second-order valence-electron chi connectivity index (χ2n) is 7.54. The van der Waals surface area contributed by atoms with Gasteiger partial charge in [0, 0.05) is 17.7 Å². The van der Waals surface area contributed by atoms with Gasteiger partial charge in [-0.3, -0.25) is 9.69 Å². The molecular weight excluding hydrogens is 342 g/mol. The highest BCUT2D eigenvalue weighted by atomic mass is 16.5. The Balaban J connectivity index is 1.70. The third-order valence-corrected chi connectivity index (χ3v) is 5.81. The number of rotatable bonds is 6. The van der Waals surface area contributed by atoms with Gasteiger partial charge in [-0.2, -0.15) is 5.26 Å². The molecule has 1 aromatic rings. The van der Waals surface area contributed by atoms with Gasteiger partial charge in [0.25, 0.3) is 0 Å². The topological polar surface area (TPSA) is 74.6 Å². The Morgan fingerprint density at radius 3 is 2.70 bits per heavy atom. The summed E-state index contributed by atoms with van der Waals surface area (Å²) in [6, 6.07) is 8.35. The zero-order valence-electron chi connectivity index (χ0n) is 16.3. The first-order valence-corrected chi connectivity index (χ1v) is 9.79. The summed E-state index contributed by atoms with van der Waals surface area (Å²) in [5.74, 6) is 1.48. The molecule has 1 unspecified atom stereocenters. The number of hydrogen-bond acceptors (Lipinski definition) is 5. The predicted molar refractivity (Wildman–Crippen MR) is 103 cm³/mol. The first kappa shape index (κ1) is 19.5. The molecule has 0 aromatic heterocycles. The molecule has 3 rings (SSSR count). The van der Waals surface area contributed by atoms with Crippen molar-refractivity contribution in [3.05, 3.63) is 23.8 Å². The Kier molecular flexibility index (Phi) is 6.22. The molecule has 1 saturated carbocycles. The SMILES string of the molecule is COc1ccc(C2CCCN2CC(=O)NC2(C#N)CCCCC2)c(OC)c1. The minimum Gasteiger partial charge on any atom is -0.497 e. The molecule has 27 heavy (non-hydrogen) atoms. The lowest BCUT2D eigenvalue weighted by Crippen LogP contribution is -2.51. The van der Waals surface area contributed by atoms with E-state index in [1.54, 1.807) is 14.2 Å². The van der Waals surface area contributed by atoms with E-state index in [1.807, 2.05) is 18.2 Å². The predicted octanol–water partition coefficient (Wildman–Crippen LogP) is 3.18. The fraction of sp³-hybridized carbons (Fsp3) is 0.619. The Morgan fingerprint density at radius 2 is 2.04 bits per heavy atom. The maximum atomic E-state index is 12.7. The van der Waals surface area contributed by atoms with Crippen LogP contribution in [0.25, 0.3) is 0 Å². The normalized spacial score (nSPS) is 22.0. The average Bonchev–Trinajstić information content (AvgIpc) is 3.15. The molecule has 2 aliphatic rings. The molecule has 0 radical (unpaired) electrons. The van der Waals surface area contributed by atoms with E-state index < -0.39 is 5.54 Å². The van der Waals surface area contributed by atoms with E-state index in [-0.39, 0.29) is 11.9 Å². The summed E-state index contributed by atoms with van der Waals surface area (Å²) in [6.07, 6.45) is 6.68. The molecule has 1 heterocycles. The molecule has 1 aliphatic carbocycles. The number of likely N-dealkylation sites (tertiary alicyclic amines) is 1. The van der Waals surface area contributed by atoms with E-state index in [0.29, 0.717) is 6.54 Å². The second-order valence-corrected chi connectivity index (χ2v) is 7.54. The number of carbonyl (C=O) groups excluding carboxylic acids is 1. The number of ether oxygens (including phenoxy) is 2. The smallest absolute Gasteiger partial charge is 0.235 e. The van der Waals surface area contributed by atoms with E-state index in [4.69, 9.17) is 9.47 Å². The lowest BCUT2D eigenvalue weighted by Gasteiger charge is -2.33. The van der Waals surface area contributed by atoms with E-state index in [2.05, 4.69) is 16.3 Å². The van der Waals surface area contributed by atoms with Crippen molar-refractivity contribution in [3.63, 3.8) is 0 Å². The van der Waals surface area contributed by atoms with Crippen molar-refractivity contribution in [2.75, 3.05) is 27.3 Å². The summed E-state index contributed by atoms with van der Waals surface area (Å²) in [5, 5.41) is 12.6. The average molecular weight is 371 g/mol. The molecule has 6 heteroatoms. The molecule has 2 fully saturated rings. The molecule has 1 amide bonds. The highest BCUT2D eigenvalue weighted by Gasteiger charge is 2.35. The zero-order chi connectivity index (χ0) is 19.3. The standard InChI is InChI=1S/C21H29N3O3/c1-26-16-8-9-17(19(13-16)27-2)18-7-6-12-24(18)14-20(25)23-21(15-22)10-4-3-5-11-21/h8-9,13,18H,3-7,10-12,14H2,1-2H3,(H,23,25). The summed E-state index contributed by atoms with van der Waals surface area (Å²) < 4.78 is 10.8. The molecule has 1 aromatic carbocycles. The highest BCUT2D eigenvalue weighted by molar-refractivity contribution is 5.79. The van der Waals surface area contributed by atoms with Crippen LogP contribution >= 0.6 is 0 Å². The third-order valence-electron chi connectivity index (χ3n) is 5.81. The summed E-state index contributed by atoms with van der Waals surface area (Å²) >= 11 is 0. The monoisotopic (exact) mass is 371 g/mol. The van der Waals surface area contributed by atoms with E-state index in [9.17, 15) is 10.1 Å². The molecule has 1 aliphatic heterocycles. The van der Waals surface area contributed by atoms with Crippen molar-refractivity contribution in [2.24, 2.45) is 0 Å². The van der Waals surface area contributed by atoms with Gasteiger partial charge in [0.15, 0.2) is 0 Å². The summed E-state index contributed by atoms with van der Waals surface area (Å²) in [4.78, 5) is 14.9. The molecule has 1 atom stereocenters. The second kappa shape index (κ2) is 8.62. The molecule has 0 spiro atoms. The van der Waals surface area contributed by atoms with Crippen molar-refractivity contribution in [3.8, 4) is 17.6 Å². The van der Waals surface area contributed by atoms with Gasteiger partial charge < -0.3 is 14.8 Å². The Labute approximate surface area is 161 Å². The number of carbonyl (C=O) groups is 1. The summed E-state index contributed by atoms with van der Waals surface area (Å²) in [5.41, 5.74) is 0.402. The van der Waals surface area contributed by atoms with E-state index >= 15 is 0 Å². The van der Waals surface area contributed by atoms with Crippen molar-refractivity contribution >= 4 is 5.91 Å². The minimum absolute atomic E-state index is 0.0576. The van der Waals surface area contributed by atoms with Crippen LogP contribution in [0.2, 0.25) is 0 Å². The van der Waals surface area contributed by atoms with E-state index in [1.165, 1.54) is 0 Å². The zero-order valence-corrected chi connectivity index (χ0v) is 16.3. The number of methoxy groups -OCH3 is 2. The van der Waals surface area contributed by atoms with Crippen LogP contribution in [0.3, 0.4) is 0 Å². The Bertz CT molecular complexity index is 707. The van der Waals surface area contributed by atoms with Crippen LogP contribution in [0.4, 0.5) is 0 Å². The number of hydrogen-bond donors (Lipinski definition) is 1. The molecule has 146 valence electrons. The molecule has 0 bridgehead atoms. The van der Waals surface area contributed by atoms with E-state index in [0.717, 1.165) is 68.6 Å². The summed E-state index contributed by atoms with van der Waals surface area (Å²) in [7, 11) is 3.29. The molecular formula is C21H29N3O3. The number of nitriles is 1. The van der Waals surface area contributed by atoms with Gasteiger partial charge in [0.2, 0.25) is 5.91 Å². The summed E-state index contributed by atoms with van der Waals surface area (Å²) in [6.45, 7) is 1.18. The number of nitrogens with zero attached hydrogens (tertiary/aromatic N) is 2. The minimum atomic E-state index is -0.678. The molecule has 1 N–H and O–H groups in total. The first-order chi connectivity index (χ1) is 13.1. The van der Waals surface area contributed by atoms with Crippen molar-refractivity contribution in [1.82, 2.24) is 10.2 Å². The first-order valence-electron chi connectivity index (χ1n) is 9.79. The molecule has 1 saturated heterocycles.